The van der Waals surface area contributed by atoms with Crippen LogP contribution in [0.3, 0.4) is 0 Å². The summed E-state index contributed by atoms with van der Waals surface area (Å²) in [7, 11) is 0. The lowest BCUT2D eigenvalue weighted by atomic mass is 10.2. The summed E-state index contributed by atoms with van der Waals surface area (Å²) in [6.45, 7) is 1.91. The van der Waals surface area contributed by atoms with Gasteiger partial charge in [0.2, 0.25) is 0 Å². The van der Waals surface area contributed by atoms with Gasteiger partial charge in [-0.25, -0.2) is 9.18 Å². The Balaban J connectivity index is 1.52. The van der Waals surface area contributed by atoms with Gasteiger partial charge in [-0.1, -0.05) is 40.9 Å². The molecule has 0 radical (unpaired) electrons. The third-order valence-electron chi connectivity index (χ3n) is 4.51. The van der Waals surface area contributed by atoms with Crippen LogP contribution in [-0.4, -0.2) is 11.0 Å². The predicted octanol–water partition coefficient (Wildman–Crippen LogP) is 6.72. The summed E-state index contributed by atoms with van der Waals surface area (Å²) in [5.41, 5.74) is 1.56. The van der Waals surface area contributed by atoms with E-state index >= 15 is 0 Å². The van der Waals surface area contributed by atoms with Gasteiger partial charge >= 0.3 is 5.97 Å². The van der Waals surface area contributed by atoms with E-state index in [1.54, 1.807) is 30.3 Å². The maximum atomic E-state index is 14.5. The molecule has 0 atom stereocenters. The molecule has 0 spiro atoms. The van der Waals surface area contributed by atoms with Crippen LogP contribution in [0.2, 0.25) is 10.0 Å². The highest BCUT2D eigenvalue weighted by molar-refractivity contribution is 6.32. The number of carbonyl (C=O) groups is 1. The van der Waals surface area contributed by atoms with Gasteiger partial charge in [0.1, 0.15) is 23.1 Å². The van der Waals surface area contributed by atoms with E-state index in [-0.39, 0.29) is 16.3 Å². The first-order valence-electron chi connectivity index (χ1n) is 9.02. The van der Waals surface area contributed by atoms with Crippen LogP contribution < -0.4 is 9.47 Å². The normalized spacial score (nSPS) is 13.2. The molecule has 4 nitrogen and oxygen atoms in total. The average molecular weight is 432 g/mol. The van der Waals surface area contributed by atoms with Crippen molar-refractivity contribution in [3.63, 3.8) is 0 Å². The van der Waals surface area contributed by atoms with E-state index in [0.717, 1.165) is 30.2 Å². The number of aromatic nitrogens is 1. The molecule has 0 N–H and O–H groups in total. The summed E-state index contributed by atoms with van der Waals surface area (Å²) in [4.78, 5) is 16.6. The lowest BCUT2D eigenvalue weighted by Gasteiger charge is -2.11. The van der Waals surface area contributed by atoms with Crippen molar-refractivity contribution in [3.8, 4) is 17.2 Å². The highest BCUT2D eigenvalue weighted by Gasteiger charge is 2.27. The van der Waals surface area contributed by atoms with Gasteiger partial charge in [0.05, 0.1) is 27.5 Å². The number of carbonyl (C=O) groups excluding carboxylic acids is 1. The number of aryl methyl sites for hydroxylation is 1. The van der Waals surface area contributed by atoms with Crippen LogP contribution in [0.4, 0.5) is 4.39 Å². The Morgan fingerprint density at radius 3 is 2.45 bits per heavy atom. The van der Waals surface area contributed by atoms with Crippen LogP contribution in [0.1, 0.15) is 40.4 Å². The van der Waals surface area contributed by atoms with E-state index in [4.69, 9.17) is 32.7 Å². The average Bonchev–Trinajstić information content (AvgIpc) is 3.51. The van der Waals surface area contributed by atoms with E-state index in [2.05, 4.69) is 4.98 Å². The standard InChI is InChI=1S/C22H16Cl2FNO3/c1-12-2-6-14(7-3-12)29-22(27)16-9-17(23)20(10-19(16)25)28-15-8-18(24)21(26-11-15)13-4-5-13/h2-3,6-11,13H,4-5H2,1H3. The van der Waals surface area contributed by atoms with Crippen molar-refractivity contribution in [1.82, 2.24) is 4.98 Å². The molecule has 4 rings (SSSR count). The Morgan fingerprint density at radius 1 is 1.07 bits per heavy atom. The topological polar surface area (TPSA) is 48.4 Å². The molecule has 0 saturated heterocycles. The zero-order valence-corrected chi connectivity index (χ0v) is 16.9. The van der Waals surface area contributed by atoms with Crippen LogP contribution >= 0.6 is 23.2 Å². The number of pyridine rings is 1. The van der Waals surface area contributed by atoms with Crippen LogP contribution in [0.15, 0.2) is 48.7 Å². The Kier molecular flexibility index (Phi) is 5.43. The summed E-state index contributed by atoms with van der Waals surface area (Å²) in [6, 6.07) is 10.7. The molecule has 0 bridgehead atoms. The van der Waals surface area contributed by atoms with Crippen molar-refractivity contribution in [2.24, 2.45) is 0 Å². The molecule has 2 aromatic carbocycles. The quantitative estimate of drug-likeness (QED) is 0.332. The zero-order chi connectivity index (χ0) is 20.5. The SMILES string of the molecule is Cc1ccc(OC(=O)c2cc(Cl)c(Oc3cnc(C4CC4)c(Cl)c3)cc2F)cc1. The Hall–Kier alpha value is -2.63. The number of esters is 1. The van der Waals surface area contributed by atoms with Gasteiger partial charge < -0.3 is 9.47 Å². The van der Waals surface area contributed by atoms with Crippen molar-refractivity contribution < 1.29 is 18.7 Å². The minimum absolute atomic E-state index is 0.0492. The summed E-state index contributed by atoms with van der Waals surface area (Å²) in [6.07, 6.45) is 3.67. The fourth-order valence-corrected chi connectivity index (χ4v) is 3.32. The second-order valence-electron chi connectivity index (χ2n) is 6.88. The molecule has 1 aliphatic carbocycles. The third kappa shape index (κ3) is 4.52. The van der Waals surface area contributed by atoms with Crippen LogP contribution in [0.25, 0.3) is 0 Å². The summed E-state index contributed by atoms with van der Waals surface area (Å²) in [5, 5.41) is 0.560. The van der Waals surface area contributed by atoms with Crippen LogP contribution in [0.5, 0.6) is 17.2 Å². The van der Waals surface area contributed by atoms with Crippen molar-refractivity contribution in [2.45, 2.75) is 25.7 Å². The molecular weight excluding hydrogens is 416 g/mol. The fraction of sp³-hybridized carbons (Fsp3) is 0.182. The van der Waals surface area contributed by atoms with Gasteiger partial charge in [0.25, 0.3) is 0 Å². The van der Waals surface area contributed by atoms with Gasteiger partial charge in [-0.05, 0) is 38.0 Å². The second-order valence-corrected chi connectivity index (χ2v) is 7.69. The van der Waals surface area contributed by atoms with Gasteiger partial charge in [0.15, 0.2) is 0 Å². The van der Waals surface area contributed by atoms with E-state index in [1.165, 1.54) is 12.3 Å². The van der Waals surface area contributed by atoms with E-state index in [0.29, 0.717) is 22.4 Å². The lowest BCUT2D eigenvalue weighted by Crippen LogP contribution is -2.11. The third-order valence-corrected chi connectivity index (χ3v) is 5.11. The van der Waals surface area contributed by atoms with E-state index in [9.17, 15) is 9.18 Å². The van der Waals surface area contributed by atoms with Crippen molar-refractivity contribution in [3.05, 3.63) is 81.3 Å². The maximum absolute atomic E-state index is 14.5. The molecule has 0 amide bonds. The molecule has 0 unspecified atom stereocenters. The molecule has 1 fully saturated rings. The maximum Gasteiger partial charge on any atom is 0.346 e. The van der Waals surface area contributed by atoms with Crippen molar-refractivity contribution in [2.75, 3.05) is 0 Å². The summed E-state index contributed by atoms with van der Waals surface area (Å²) < 4.78 is 25.3. The number of halogens is 3. The summed E-state index contributed by atoms with van der Waals surface area (Å²) >= 11 is 12.4. The van der Waals surface area contributed by atoms with Gasteiger partial charge in [0, 0.05) is 18.1 Å². The van der Waals surface area contributed by atoms with Crippen molar-refractivity contribution >= 4 is 29.2 Å². The minimum atomic E-state index is -0.849. The minimum Gasteiger partial charge on any atom is -0.454 e. The predicted molar refractivity (Wildman–Crippen MR) is 109 cm³/mol. The number of nitrogens with zero attached hydrogens (tertiary/aromatic N) is 1. The molecule has 3 aromatic rings. The molecule has 1 aliphatic rings. The largest absolute Gasteiger partial charge is 0.454 e. The first kappa shape index (κ1) is 19.7. The van der Waals surface area contributed by atoms with E-state index < -0.39 is 11.8 Å². The number of rotatable bonds is 5. The fourth-order valence-electron chi connectivity index (χ4n) is 2.80. The van der Waals surface area contributed by atoms with Crippen molar-refractivity contribution in [1.29, 1.82) is 0 Å². The molecule has 0 aliphatic heterocycles. The number of hydrogen-bond donors (Lipinski definition) is 0. The second kappa shape index (κ2) is 8.01. The molecule has 148 valence electrons. The van der Waals surface area contributed by atoms with Gasteiger partial charge in [-0.3, -0.25) is 4.98 Å². The Bertz CT molecular complexity index is 1080. The lowest BCUT2D eigenvalue weighted by molar-refractivity contribution is 0.0730. The van der Waals surface area contributed by atoms with Crippen LogP contribution in [-0.2, 0) is 0 Å². The number of ether oxygens (including phenoxy) is 2. The first-order valence-corrected chi connectivity index (χ1v) is 9.77. The monoisotopic (exact) mass is 431 g/mol. The molecule has 1 saturated carbocycles. The zero-order valence-electron chi connectivity index (χ0n) is 15.4. The molecule has 29 heavy (non-hydrogen) atoms. The highest BCUT2D eigenvalue weighted by Crippen LogP contribution is 2.43. The molecule has 1 aromatic heterocycles. The molecule has 7 heteroatoms. The number of benzene rings is 2. The van der Waals surface area contributed by atoms with E-state index in [1.807, 2.05) is 6.92 Å². The summed E-state index contributed by atoms with van der Waals surface area (Å²) in [5.74, 6) is -0.568. The first-order chi connectivity index (χ1) is 13.9. The van der Waals surface area contributed by atoms with Crippen LogP contribution in [0, 0.1) is 12.7 Å². The highest BCUT2D eigenvalue weighted by atomic mass is 35.5. The molecule has 1 heterocycles. The van der Waals surface area contributed by atoms with Gasteiger partial charge in [-0.15, -0.1) is 0 Å². The Labute approximate surface area is 177 Å². The Morgan fingerprint density at radius 2 is 1.79 bits per heavy atom. The smallest absolute Gasteiger partial charge is 0.346 e. The molecular formula is C22H16Cl2FNO3. The number of hydrogen-bond acceptors (Lipinski definition) is 4. The van der Waals surface area contributed by atoms with Gasteiger partial charge in [-0.2, -0.15) is 0 Å².